The van der Waals surface area contributed by atoms with Gasteiger partial charge in [-0.2, -0.15) is 0 Å². The molecule has 19 heavy (non-hydrogen) atoms. The third-order valence-corrected chi connectivity index (χ3v) is 2.31. The summed E-state index contributed by atoms with van der Waals surface area (Å²) in [6.07, 6.45) is 1.71. The Hall–Kier alpha value is -1.88. The molecule has 0 aliphatic carbocycles. The molecule has 5 heteroatoms. The Bertz CT molecular complexity index is 425. The summed E-state index contributed by atoms with van der Waals surface area (Å²) in [4.78, 5) is 19.8. The molecule has 0 spiro atoms. The van der Waals surface area contributed by atoms with Crippen LogP contribution in [-0.4, -0.2) is 63.4 Å². The normalized spacial score (nSPS) is 11.0. The van der Waals surface area contributed by atoms with E-state index in [-0.39, 0.29) is 5.97 Å². The van der Waals surface area contributed by atoms with Gasteiger partial charge in [0.1, 0.15) is 6.61 Å². The molecule has 1 aromatic carbocycles. The van der Waals surface area contributed by atoms with Gasteiger partial charge in [-0.05, 0) is 38.4 Å². The van der Waals surface area contributed by atoms with E-state index < -0.39 is 0 Å². The van der Waals surface area contributed by atoms with Crippen LogP contribution in [-0.2, 0) is 4.74 Å². The number of aliphatic imine (C=N–C) groups is 1. The molecule has 5 nitrogen and oxygen atoms in total. The first kappa shape index (κ1) is 15.2. The molecular formula is C14H21N3O2. The van der Waals surface area contributed by atoms with Gasteiger partial charge < -0.3 is 14.5 Å². The standard InChI is InChI=1S/C14H21N3O2/c1-16(2)9-10-19-14(18)12-5-7-13(8-6-12)15-11-17(3)4/h5-8,11H,9-10H2,1-4H3. The van der Waals surface area contributed by atoms with Crippen molar-refractivity contribution in [2.45, 2.75) is 0 Å². The van der Waals surface area contributed by atoms with Crippen LogP contribution >= 0.6 is 0 Å². The van der Waals surface area contributed by atoms with Crippen LogP contribution in [0.25, 0.3) is 0 Å². The predicted molar refractivity (Wildman–Crippen MR) is 77.1 cm³/mol. The van der Waals surface area contributed by atoms with Crippen molar-refractivity contribution < 1.29 is 9.53 Å². The van der Waals surface area contributed by atoms with E-state index in [0.717, 1.165) is 12.2 Å². The fourth-order valence-corrected chi connectivity index (χ4v) is 1.27. The van der Waals surface area contributed by atoms with Gasteiger partial charge in [-0.1, -0.05) is 0 Å². The van der Waals surface area contributed by atoms with Crippen molar-refractivity contribution in [2.75, 3.05) is 41.3 Å². The molecule has 0 radical (unpaired) electrons. The van der Waals surface area contributed by atoms with Crippen LogP contribution in [0.5, 0.6) is 0 Å². The highest BCUT2D eigenvalue weighted by Gasteiger charge is 2.06. The molecule has 0 unspecified atom stereocenters. The molecule has 0 aromatic heterocycles. The highest BCUT2D eigenvalue weighted by Crippen LogP contribution is 2.13. The second kappa shape index (κ2) is 7.53. The number of hydrogen-bond acceptors (Lipinski definition) is 4. The van der Waals surface area contributed by atoms with Gasteiger partial charge in [-0.25, -0.2) is 9.79 Å². The van der Waals surface area contributed by atoms with Gasteiger partial charge in [0.2, 0.25) is 0 Å². The first-order chi connectivity index (χ1) is 8.99. The Kier molecular flexibility index (Phi) is 6.02. The van der Waals surface area contributed by atoms with Crippen LogP contribution in [0.1, 0.15) is 10.4 Å². The summed E-state index contributed by atoms with van der Waals surface area (Å²) in [6, 6.07) is 7.03. The molecule has 0 amide bonds. The molecule has 0 N–H and O–H groups in total. The molecule has 0 bridgehead atoms. The number of hydrogen-bond donors (Lipinski definition) is 0. The number of ether oxygens (including phenoxy) is 1. The molecule has 1 aromatic rings. The van der Waals surface area contributed by atoms with E-state index in [1.54, 1.807) is 30.6 Å². The number of benzene rings is 1. The summed E-state index contributed by atoms with van der Waals surface area (Å²) in [6.45, 7) is 1.11. The lowest BCUT2D eigenvalue weighted by Crippen LogP contribution is -2.20. The van der Waals surface area contributed by atoms with E-state index in [1.807, 2.05) is 38.0 Å². The minimum atomic E-state index is -0.301. The molecule has 0 saturated heterocycles. The topological polar surface area (TPSA) is 45.1 Å². The zero-order valence-electron chi connectivity index (χ0n) is 12.0. The lowest BCUT2D eigenvalue weighted by molar-refractivity contribution is 0.0482. The van der Waals surface area contributed by atoms with Gasteiger partial charge in [0, 0.05) is 20.6 Å². The number of rotatable bonds is 6. The average Bonchev–Trinajstić information content (AvgIpc) is 2.36. The summed E-state index contributed by atoms with van der Waals surface area (Å²) in [5.74, 6) is -0.301. The van der Waals surface area contributed by atoms with Gasteiger partial charge in [0.15, 0.2) is 0 Å². The molecule has 0 fully saturated rings. The van der Waals surface area contributed by atoms with E-state index in [2.05, 4.69) is 4.99 Å². The third kappa shape index (κ3) is 6.01. The molecule has 0 aliphatic rings. The summed E-state index contributed by atoms with van der Waals surface area (Å²) < 4.78 is 5.15. The van der Waals surface area contributed by atoms with E-state index in [9.17, 15) is 4.79 Å². The van der Waals surface area contributed by atoms with Crippen molar-refractivity contribution in [3.63, 3.8) is 0 Å². The Labute approximate surface area is 114 Å². The minimum Gasteiger partial charge on any atom is -0.461 e. The van der Waals surface area contributed by atoms with Crippen LogP contribution in [0.15, 0.2) is 29.3 Å². The van der Waals surface area contributed by atoms with Crippen LogP contribution in [0, 0.1) is 0 Å². The number of carbonyl (C=O) groups excluding carboxylic acids is 1. The molecule has 0 aliphatic heterocycles. The van der Waals surface area contributed by atoms with Crippen molar-refractivity contribution in [2.24, 2.45) is 4.99 Å². The van der Waals surface area contributed by atoms with Crippen molar-refractivity contribution >= 4 is 18.0 Å². The Morgan fingerprint density at radius 2 is 1.84 bits per heavy atom. The molecule has 104 valence electrons. The van der Waals surface area contributed by atoms with Crippen molar-refractivity contribution in [1.29, 1.82) is 0 Å². The van der Waals surface area contributed by atoms with Crippen LogP contribution in [0.4, 0.5) is 5.69 Å². The van der Waals surface area contributed by atoms with Gasteiger partial charge in [0.25, 0.3) is 0 Å². The number of likely N-dealkylation sites (N-methyl/N-ethyl adjacent to an activating group) is 1. The first-order valence-corrected chi connectivity index (χ1v) is 6.11. The Morgan fingerprint density at radius 1 is 1.21 bits per heavy atom. The summed E-state index contributed by atoms with van der Waals surface area (Å²) >= 11 is 0. The van der Waals surface area contributed by atoms with E-state index in [0.29, 0.717) is 12.2 Å². The monoisotopic (exact) mass is 263 g/mol. The van der Waals surface area contributed by atoms with Crippen LogP contribution in [0.2, 0.25) is 0 Å². The zero-order valence-corrected chi connectivity index (χ0v) is 12.0. The zero-order chi connectivity index (χ0) is 14.3. The lowest BCUT2D eigenvalue weighted by Gasteiger charge is -2.09. The lowest BCUT2D eigenvalue weighted by atomic mass is 10.2. The summed E-state index contributed by atoms with van der Waals surface area (Å²) in [7, 11) is 7.68. The number of nitrogens with zero attached hydrogens (tertiary/aromatic N) is 3. The fourth-order valence-electron chi connectivity index (χ4n) is 1.27. The highest BCUT2D eigenvalue weighted by atomic mass is 16.5. The Morgan fingerprint density at radius 3 is 2.37 bits per heavy atom. The average molecular weight is 263 g/mol. The minimum absolute atomic E-state index is 0.301. The first-order valence-electron chi connectivity index (χ1n) is 6.11. The number of esters is 1. The van der Waals surface area contributed by atoms with Crippen LogP contribution < -0.4 is 0 Å². The molecule has 0 saturated carbocycles. The van der Waals surface area contributed by atoms with Gasteiger partial charge in [-0.15, -0.1) is 0 Å². The Balaban J connectivity index is 2.53. The molecule has 0 atom stereocenters. The van der Waals surface area contributed by atoms with E-state index in [1.165, 1.54) is 0 Å². The third-order valence-electron chi connectivity index (χ3n) is 2.31. The maximum Gasteiger partial charge on any atom is 0.338 e. The van der Waals surface area contributed by atoms with Crippen LogP contribution in [0.3, 0.4) is 0 Å². The van der Waals surface area contributed by atoms with Crippen molar-refractivity contribution in [3.8, 4) is 0 Å². The van der Waals surface area contributed by atoms with Crippen molar-refractivity contribution in [3.05, 3.63) is 29.8 Å². The maximum absolute atomic E-state index is 11.7. The predicted octanol–water partition coefficient (Wildman–Crippen LogP) is 1.63. The molecule has 1 rings (SSSR count). The molecular weight excluding hydrogens is 242 g/mol. The maximum atomic E-state index is 11.7. The number of carbonyl (C=O) groups is 1. The fraction of sp³-hybridized carbons (Fsp3) is 0.429. The molecule has 0 heterocycles. The second-order valence-electron chi connectivity index (χ2n) is 4.69. The van der Waals surface area contributed by atoms with Gasteiger partial charge >= 0.3 is 5.97 Å². The second-order valence-corrected chi connectivity index (χ2v) is 4.69. The smallest absolute Gasteiger partial charge is 0.338 e. The largest absolute Gasteiger partial charge is 0.461 e. The van der Waals surface area contributed by atoms with Crippen molar-refractivity contribution in [1.82, 2.24) is 9.80 Å². The van der Waals surface area contributed by atoms with E-state index in [4.69, 9.17) is 4.74 Å². The quantitative estimate of drug-likeness (QED) is 0.444. The summed E-state index contributed by atoms with van der Waals surface area (Å²) in [5, 5.41) is 0. The highest BCUT2D eigenvalue weighted by molar-refractivity contribution is 5.89. The SMILES string of the molecule is CN(C)C=Nc1ccc(C(=O)OCCN(C)C)cc1. The summed E-state index contributed by atoms with van der Waals surface area (Å²) in [5.41, 5.74) is 1.35. The van der Waals surface area contributed by atoms with Gasteiger partial charge in [0.05, 0.1) is 17.6 Å². The van der Waals surface area contributed by atoms with Gasteiger partial charge in [-0.3, -0.25) is 0 Å². The van der Waals surface area contributed by atoms with E-state index >= 15 is 0 Å².